The van der Waals surface area contributed by atoms with Crippen LogP contribution in [0.1, 0.15) is 29.7 Å². The van der Waals surface area contributed by atoms with Gasteiger partial charge in [0.15, 0.2) is 0 Å². The van der Waals surface area contributed by atoms with E-state index in [1.807, 2.05) is 18.2 Å². The summed E-state index contributed by atoms with van der Waals surface area (Å²) >= 11 is 0. The smallest absolute Gasteiger partial charge is 0.126 e. The van der Waals surface area contributed by atoms with Crippen molar-refractivity contribution in [1.29, 1.82) is 0 Å². The number of fused-ring (bicyclic) bond motifs is 2. The average molecular weight is 275 g/mol. The van der Waals surface area contributed by atoms with Crippen LogP contribution in [0.15, 0.2) is 66.7 Å². The largest absolute Gasteiger partial charge is 0.485 e. The van der Waals surface area contributed by atoms with Crippen molar-refractivity contribution in [2.24, 2.45) is 5.73 Å². The van der Waals surface area contributed by atoms with Crippen LogP contribution in [0.4, 0.5) is 0 Å². The zero-order chi connectivity index (χ0) is 14.2. The number of ether oxygens (including phenoxy) is 1. The number of hydrogen-bond donors (Lipinski definition) is 1. The lowest BCUT2D eigenvalue weighted by molar-refractivity contribution is 0.163. The first-order valence-electron chi connectivity index (χ1n) is 7.32. The second kappa shape index (κ2) is 4.90. The lowest BCUT2D eigenvalue weighted by atomic mass is 9.91. The van der Waals surface area contributed by atoms with Gasteiger partial charge in [-0.1, -0.05) is 60.7 Å². The van der Waals surface area contributed by atoms with Crippen molar-refractivity contribution in [2.75, 3.05) is 0 Å². The Balaban J connectivity index is 1.81. The number of nitrogens with two attached hydrogens (primary N) is 1. The minimum absolute atomic E-state index is 0.0148. The first-order chi connectivity index (χ1) is 10.3. The van der Waals surface area contributed by atoms with Crippen LogP contribution in [-0.2, 0) is 0 Å². The summed E-state index contributed by atoms with van der Waals surface area (Å²) in [5.41, 5.74) is 8.66. The summed E-state index contributed by atoms with van der Waals surface area (Å²) in [6.07, 6.45) is 0.825. The molecular formula is C19H17NO. The third-order valence-electron chi connectivity index (χ3n) is 4.23. The van der Waals surface area contributed by atoms with Gasteiger partial charge in [-0.05, 0) is 16.8 Å². The van der Waals surface area contributed by atoms with Gasteiger partial charge in [-0.2, -0.15) is 0 Å². The Morgan fingerprint density at radius 2 is 1.52 bits per heavy atom. The summed E-state index contributed by atoms with van der Waals surface area (Å²) in [7, 11) is 0. The molecule has 1 unspecified atom stereocenters. The lowest BCUT2D eigenvalue weighted by Crippen LogP contribution is -2.24. The van der Waals surface area contributed by atoms with E-state index in [1.165, 1.54) is 16.3 Å². The van der Waals surface area contributed by atoms with Gasteiger partial charge in [0.1, 0.15) is 11.9 Å². The summed E-state index contributed by atoms with van der Waals surface area (Å²) in [5.74, 6) is 0.911. The maximum atomic E-state index is 6.34. The van der Waals surface area contributed by atoms with Gasteiger partial charge in [0.05, 0.1) is 0 Å². The van der Waals surface area contributed by atoms with Crippen molar-refractivity contribution < 1.29 is 4.74 Å². The van der Waals surface area contributed by atoms with E-state index in [1.54, 1.807) is 0 Å². The van der Waals surface area contributed by atoms with E-state index in [9.17, 15) is 0 Å². The van der Waals surface area contributed by atoms with Gasteiger partial charge in [0.25, 0.3) is 0 Å². The second-order valence-corrected chi connectivity index (χ2v) is 5.55. The first kappa shape index (κ1) is 12.4. The van der Waals surface area contributed by atoms with Gasteiger partial charge < -0.3 is 10.5 Å². The molecular weight excluding hydrogens is 258 g/mol. The topological polar surface area (TPSA) is 35.2 Å². The second-order valence-electron chi connectivity index (χ2n) is 5.55. The fourth-order valence-electron chi connectivity index (χ4n) is 3.17. The van der Waals surface area contributed by atoms with Gasteiger partial charge in [-0.15, -0.1) is 0 Å². The highest BCUT2D eigenvalue weighted by Crippen LogP contribution is 2.41. The van der Waals surface area contributed by atoms with E-state index >= 15 is 0 Å². The van der Waals surface area contributed by atoms with E-state index in [-0.39, 0.29) is 12.1 Å². The van der Waals surface area contributed by atoms with Crippen molar-refractivity contribution in [3.05, 3.63) is 77.9 Å². The van der Waals surface area contributed by atoms with E-state index in [0.29, 0.717) is 0 Å². The monoisotopic (exact) mass is 275 g/mol. The predicted molar refractivity (Wildman–Crippen MR) is 85.3 cm³/mol. The van der Waals surface area contributed by atoms with Gasteiger partial charge >= 0.3 is 0 Å². The lowest BCUT2D eigenvalue weighted by Gasteiger charge is -2.31. The van der Waals surface area contributed by atoms with Crippen LogP contribution in [0.5, 0.6) is 5.75 Å². The van der Waals surface area contributed by atoms with Crippen molar-refractivity contribution in [3.8, 4) is 5.75 Å². The molecule has 3 aromatic carbocycles. The standard InChI is InChI=1S/C19H17NO/c20-17-12-19(21-18-11-4-3-9-16(17)18)15-10-5-7-13-6-1-2-8-14(13)15/h1-11,17,19H,12,20H2/t17-,19?/m1/s1. The third-order valence-corrected chi connectivity index (χ3v) is 4.23. The average Bonchev–Trinajstić information content (AvgIpc) is 2.54. The van der Waals surface area contributed by atoms with Crippen LogP contribution in [0.25, 0.3) is 10.8 Å². The highest BCUT2D eigenvalue weighted by atomic mass is 16.5. The summed E-state index contributed by atoms with van der Waals surface area (Å²) in [6.45, 7) is 0. The van der Waals surface area contributed by atoms with E-state index in [4.69, 9.17) is 10.5 Å². The van der Waals surface area contributed by atoms with Crippen molar-refractivity contribution in [1.82, 2.24) is 0 Å². The molecule has 2 nitrogen and oxygen atoms in total. The minimum atomic E-state index is 0.0148. The van der Waals surface area contributed by atoms with Crippen LogP contribution in [0.2, 0.25) is 0 Å². The summed E-state index contributed by atoms with van der Waals surface area (Å²) < 4.78 is 6.22. The zero-order valence-corrected chi connectivity index (χ0v) is 11.7. The van der Waals surface area contributed by atoms with Gasteiger partial charge in [-0.3, -0.25) is 0 Å². The molecule has 4 rings (SSSR count). The zero-order valence-electron chi connectivity index (χ0n) is 11.7. The van der Waals surface area contributed by atoms with Crippen LogP contribution in [0, 0.1) is 0 Å². The molecule has 0 aromatic heterocycles. The fraction of sp³-hybridized carbons (Fsp3) is 0.158. The molecule has 0 bridgehead atoms. The fourth-order valence-corrected chi connectivity index (χ4v) is 3.17. The Kier molecular flexibility index (Phi) is 2.90. The Labute approximate surface area is 124 Å². The number of rotatable bonds is 1. The molecule has 3 aromatic rings. The maximum Gasteiger partial charge on any atom is 0.126 e. The summed E-state index contributed by atoms with van der Waals surface area (Å²) in [5, 5.41) is 2.49. The molecule has 0 saturated heterocycles. The highest BCUT2D eigenvalue weighted by Gasteiger charge is 2.27. The van der Waals surface area contributed by atoms with Crippen LogP contribution in [0.3, 0.4) is 0 Å². The molecule has 2 heteroatoms. The molecule has 21 heavy (non-hydrogen) atoms. The molecule has 1 aliphatic heterocycles. The first-order valence-corrected chi connectivity index (χ1v) is 7.32. The molecule has 2 N–H and O–H groups in total. The molecule has 0 fully saturated rings. The molecule has 1 aliphatic rings. The Hall–Kier alpha value is -2.32. The van der Waals surface area contributed by atoms with Crippen molar-refractivity contribution in [2.45, 2.75) is 18.6 Å². The van der Waals surface area contributed by atoms with Crippen LogP contribution in [-0.4, -0.2) is 0 Å². The van der Waals surface area contributed by atoms with Gasteiger partial charge in [0, 0.05) is 23.6 Å². The number of benzene rings is 3. The predicted octanol–water partition coefficient (Wildman–Crippen LogP) is 4.36. The molecule has 0 saturated carbocycles. The molecule has 1 heterocycles. The van der Waals surface area contributed by atoms with E-state index in [2.05, 4.69) is 48.5 Å². The molecule has 0 radical (unpaired) electrons. The summed E-state index contributed by atoms with van der Waals surface area (Å²) in [6, 6.07) is 22.9. The summed E-state index contributed by atoms with van der Waals surface area (Å²) in [4.78, 5) is 0. The highest BCUT2D eigenvalue weighted by molar-refractivity contribution is 5.86. The Morgan fingerprint density at radius 3 is 2.48 bits per heavy atom. The molecule has 104 valence electrons. The van der Waals surface area contributed by atoms with E-state index < -0.39 is 0 Å². The van der Waals surface area contributed by atoms with Crippen molar-refractivity contribution >= 4 is 10.8 Å². The molecule has 0 amide bonds. The van der Waals surface area contributed by atoms with Gasteiger partial charge in [-0.25, -0.2) is 0 Å². The molecule has 0 aliphatic carbocycles. The third kappa shape index (κ3) is 2.08. The Bertz CT molecular complexity index is 791. The van der Waals surface area contributed by atoms with E-state index in [0.717, 1.165) is 17.7 Å². The number of hydrogen-bond acceptors (Lipinski definition) is 2. The molecule has 2 atom stereocenters. The normalized spacial score (nSPS) is 20.8. The Morgan fingerprint density at radius 1 is 0.810 bits per heavy atom. The van der Waals surface area contributed by atoms with Crippen molar-refractivity contribution in [3.63, 3.8) is 0 Å². The molecule has 0 spiro atoms. The maximum absolute atomic E-state index is 6.34. The van der Waals surface area contributed by atoms with Gasteiger partial charge in [0.2, 0.25) is 0 Å². The van der Waals surface area contributed by atoms with Crippen LogP contribution >= 0.6 is 0 Å². The van der Waals surface area contributed by atoms with Crippen LogP contribution < -0.4 is 10.5 Å². The SMILES string of the molecule is N[C@@H]1CC(c2cccc3ccccc23)Oc2ccccc21. The quantitative estimate of drug-likeness (QED) is 0.716. The minimum Gasteiger partial charge on any atom is -0.485 e. The number of para-hydroxylation sites is 1.